The van der Waals surface area contributed by atoms with Crippen molar-refractivity contribution in [1.29, 1.82) is 0 Å². The first-order valence-corrected chi connectivity index (χ1v) is 5.26. The van der Waals surface area contributed by atoms with E-state index in [-0.39, 0.29) is 0 Å². The summed E-state index contributed by atoms with van der Waals surface area (Å²) in [5.41, 5.74) is 5.01. The highest BCUT2D eigenvalue weighted by Gasteiger charge is 2.38. The Morgan fingerprint density at radius 1 is 1.31 bits per heavy atom. The summed E-state index contributed by atoms with van der Waals surface area (Å²) in [6.07, 6.45) is 1.78. The number of carboxylic acids is 1. The zero-order valence-electron chi connectivity index (χ0n) is 9.10. The highest BCUT2D eigenvalue weighted by Crippen LogP contribution is 2.32. The Balaban J connectivity index is 2.60. The molecule has 0 bridgehead atoms. The molecule has 2 amide bonds. The van der Waals surface area contributed by atoms with E-state index in [2.05, 4.69) is 5.32 Å². The van der Waals surface area contributed by atoms with Crippen molar-refractivity contribution in [3.63, 3.8) is 0 Å². The van der Waals surface area contributed by atoms with Crippen LogP contribution in [0.5, 0.6) is 0 Å². The normalized spacial score (nSPS) is 26.1. The first-order valence-electron chi connectivity index (χ1n) is 5.26. The Morgan fingerprint density at radius 3 is 2.38 bits per heavy atom. The summed E-state index contributed by atoms with van der Waals surface area (Å²) in [6.45, 7) is 1.48. The lowest BCUT2D eigenvalue weighted by atomic mass is 9.95. The lowest BCUT2D eigenvalue weighted by molar-refractivity contribution is -0.146. The first kappa shape index (κ1) is 12.5. The van der Waals surface area contributed by atoms with Crippen LogP contribution in [0.25, 0.3) is 0 Å². The number of rotatable bonds is 4. The quantitative estimate of drug-likeness (QED) is 0.601. The van der Waals surface area contributed by atoms with E-state index in [0.29, 0.717) is 12.8 Å². The number of hydrogen-bond donors (Lipinski definition) is 3. The Morgan fingerprint density at radius 2 is 1.88 bits per heavy atom. The van der Waals surface area contributed by atoms with Gasteiger partial charge in [-0.15, -0.1) is 0 Å². The minimum atomic E-state index is -0.954. The molecule has 0 heterocycles. The summed E-state index contributed by atoms with van der Waals surface area (Å²) in [7, 11) is 0. The van der Waals surface area contributed by atoms with Crippen LogP contribution in [-0.4, -0.2) is 28.9 Å². The molecule has 1 rings (SSSR count). The van der Waals surface area contributed by atoms with Crippen LogP contribution in [0.2, 0.25) is 0 Å². The van der Waals surface area contributed by atoms with Gasteiger partial charge < -0.3 is 16.2 Å². The van der Waals surface area contributed by atoms with Crippen LogP contribution in [0, 0.1) is 11.8 Å². The van der Waals surface area contributed by atoms with Gasteiger partial charge in [0.15, 0.2) is 0 Å². The van der Waals surface area contributed by atoms with E-state index < -0.39 is 35.7 Å². The molecule has 1 aliphatic carbocycles. The van der Waals surface area contributed by atoms with Crippen molar-refractivity contribution >= 4 is 17.8 Å². The third kappa shape index (κ3) is 2.71. The van der Waals surface area contributed by atoms with Crippen LogP contribution in [-0.2, 0) is 14.4 Å². The number of carbonyl (C=O) groups is 3. The van der Waals surface area contributed by atoms with Gasteiger partial charge in [-0.2, -0.15) is 0 Å². The van der Waals surface area contributed by atoms with Gasteiger partial charge in [0, 0.05) is 0 Å². The van der Waals surface area contributed by atoms with Gasteiger partial charge in [-0.05, 0) is 19.8 Å². The summed E-state index contributed by atoms with van der Waals surface area (Å²) >= 11 is 0. The lowest BCUT2D eigenvalue weighted by Crippen LogP contribution is -2.46. The highest BCUT2D eigenvalue weighted by molar-refractivity contribution is 5.89. The second-order valence-electron chi connectivity index (χ2n) is 4.11. The summed E-state index contributed by atoms with van der Waals surface area (Å²) in [5.74, 6) is -3.15. The van der Waals surface area contributed by atoms with E-state index in [1.807, 2.05) is 0 Å². The number of amides is 2. The van der Waals surface area contributed by atoms with Gasteiger partial charge in [0.2, 0.25) is 11.8 Å². The minimum Gasteiger partial charge on any atom is -0.481 e. The number of hydrogen-bond acceptors (Lipinski definition) is 3. The molecule has 0 spiro atoms. The van der Waals surface area contributed by atoms with Gasteiger partial charge in [0.1, 0.15) is 6.04 Å². The van der Waals surface area contributed by atoms with E-state index in [1.165, 1.54) is 6.92 Å². The van der Waals surface area contributed by atoms with Crippen LogP contribution in [0.1, 0.15) is 26.2 Å². The largest absolute Gasteiger partial charge is 0.481 e. The fourth-order valence-electron chi connectivity index (χ4n) is 1.96. The van der Waals surface area contributed by atoms with Crippen LogP contribution in [0.4, 0.5) is 0 Å². The molecule has 1 fully saturated rings. The van der Waals surface area contributed by atoms with Crippen molar-refractivity contribution in [2.75, 3.05) is 0 Å². The molecule has 16 heavy (non-hydrogen) atoms. The van der Waals surface area contributed by atoms with E-state index in [4.69, 9.17) is 10.8 Å². The van der Waals surface area contributed by atoms with Crippen LogP contribution < -0.4 is 11.1 Å². The van der Waals surface area contributed by atoms with Gasteiger partial charge in [-0.3, -0.25) is 14.4 Å². The number of aliphatic carboxylic acids is 1. The van der Waals surface area contributed by atoms with Crippen molar-refractivity contribution in [3.05, 3.63) is 0 Å². The maximum absolute atomic E-state index is 11.7. The topological polar surface area (TPSA) is 109 Å². The SMILES string of the molecule is CC(NC(=O)C1CCCC1C(=O)O)C(N)=O. The fourth-order valence-corrected chi connectivity index (χ4v) is 1.96. The smallest absolute Gasteiger partial charge is 0.307 e. The van der Waals surface area contributed by atoms with Crippen molar-refractivity contribution in [3.8, 4) is 0 Å². The Labute approximate surface area is 93.2 Å². The number of primary amides is 1. The van der Waals surface area contributed by atoms with Gasteiger partial charge in [0.25, 0.3) is 0 Å². The Bertz CT molecular complexity index is 316. The third-order valence-electron chi connectivity index (χ3n) is 2.96. The predicted octanol–water partition coefficient (Wildman–Crippen LogP) is -0.523. The number of nitrogens with one attached hydrogen (secondary N) is 1. The van der Waals surface area contributed by atoms with Gasteiger partial charge in [-0.25, -0.2) is 0 Å². The second kappa shape index (κ2) is 4.96. The van der Waals surface area contributed by atoms with E-state index >= 15 is 0 Å². The zero-order chi connectivity index (χ0) is 12.3. The molecule has 0 aromatic heterocycles. The van der Waals surface area contributed by atoms with Crippen molar-refractivity contribution in [2.45, 2.75) is 32.2 Å². The highest BCUT2D eigenvalue weighted by atomic mass is 16.4. The molecule has 6 heteroatoms. The monoisotopic (exact) mass is 228 g/mol. The van der Waals surface area contributed by atoms with Crippen molar-refractivity contribution in [2.24, 2.45) is 17.6 Å². The molecule has 4 N–H and O–H groups in total. The Kier molecular flexibility index (Phi) is 3.87. The molecule has 0 saturated heterocycles. The molecule has 0 radical (unpaired) electrons. The average Bonchev–Trinajstić information content (AvgIpc) is 2.65. The molecule has 90 valence electrons. The van der Waals surface area contributed by atoms with Crippen LogP contribution in [0.15, 0.2) is 0 Å². The number of carbonyl (C=O) groups excluding carboxylic acids is 2. The van der Waals surface area contributed by atoms with Gasteiger partial charge >= 0.3 is 5.97 Å². The fraction of sp³-hybridized carbons (Fsp3) is 0.700. The van der Waals surface area contributed by atoms with Gasteiger partial charge in [0.05, 0.1) is 11.8 Å². The summed E-state index contributed by atoms with van der Waals surface area (Å²) < 4.78 is 0. The molecule has 3 unspecified atom stereocenters. The van der Waals surface area contributed by atoms with Crippen LogP contribution in [0.3, 0.4) is 0 Å². The summed E-state index contributed by atoms with van der Waals surface area (Å²) in [5, 5.41) is 11.3. The lowest BCUT2D eigenvalue weighted by Gasteiger charge is -2.17. The molecule has 1 saturated carbocycles. The molecular weight excluding hydrogens is 212 g/mol. The molecular formula is C10H16N2O4. The average molecular weight is 228 g/mol. The molecule has 1 aliphatic rings. The standard InChI is InChI=1S/C10H16N2O4/c1-5(8(11)13)12-9(14)6-3-2-4-7(6)10(15)16/h5-7H,2-4H2,1H3,(H2,11,13)(H,12,14)(H,15,16). The molecule has 0 aromatic rings. The zero-order valence-corrected chi connectivity index (χ0v) is 9.10. The summed E-state index contributed by atoms with van der Waals surface area (Å²) in [4.78, 5) is 33.3. The molecule has 6 nitrogen and oxygen atoms in total. The maximum Gasteiger partial charge on any atom is 0.307 e. The van der Waals surface area contributed by atoms with E-state index in [0.717, 1.165) is 6.42 Å². The Hall–Kier alpha value is -1.59. The maximum atomic E-state index is 11.7. The van der Waals surface area contributed by atoms with Crippen LogP contribution >= 0.6 is 0 Å². The van der Waals surface area contributed by atoms with Gasteiger partial charge in [-0.1, -0.05) is 6.42 Å². The van der Waals surface area contributed by atoms with Crippen molar-refractivity contribution < 1.29 is 19.5 Å². The second-order valence-corrected chi connectivity index (χ2v) is 4.11. The first-order chi connectivity index (χ1) is 7.43. The molecule has 0 aromatic carbocycles. The molecule has 0 aliphatic heterocycles. The predicted molar refractivity (Wildman–Crippen MR) is 55.3 cm³/mol. The van der Waals surface area contributed by atoms with Crippen molar-refractivity contribution in [1.82, 2.24) is 5.32 Å². The number of nitrogens with two attached hydrogens (primary N) is 1. The molecule has 3 atom stereocenters. The summed E-state index contributed by atoms with van der Waals surface area (Å²) in [6, 6.07) is -0.762. The minimum absolute atomic E-state index is 0.392. The van der Waals surface area contributed by atoms with E-state index in [1.54, 1.807) is 0 Å². The third-order valence-corrected chi connectivity index (χ3v) is 2.96. The van der Waals surface area contributed by atoms with E-state index in [9.17, 15) is 14.4 Å². The number of carboxylic acid groups (broad SMARTS) is 1.